The third-order valence-corrected chi connectivity index (χ3v) is 5.93. The zero-order chi connectivity index (χ0) is 24.5. The molecule has 0 radical (unpaired) electrons. The van der Waals surface area contributed by atoms with Crippen LogP contribution in [-0.4, -0.2) is 32.4 Å². The maximum absolute atomic E-state index is 12.4. The number of rotatable bonds is 10. The van der Waals surface area contributed by atoms with Crippen LogP contribution in [0.15, 0.2) is 59.7 Å². The molecule has 0 saturated carbocycles. The minimum atomic E-state index is -0.320. The lowest BCUT2D eigenvalue weighted by Crippen LogP contribution is -2.21. The first-order valence-corrected chi connectivity index (χ1v) is 12.0. The number of halogens is 3. The fraction of sp³-hybridized carbons (Fsp3) is 0.167. The van der Waals surface area contributed by atoms with E-state index in [1.165, 1.54) is 0 Å². The molecular formula is C24H22Cl2IN3O4. The fourth-order valence-electron chi connectivity index (χ4n) is 2.88. The average molecular weight is 614 g/mol. The van der Waals surface area contributed by atoms with E-state index in [0.717, 1.165) is 9.13 Å². The van der Waals surface area contributed by atoms with Gasteiger partial charge in [-0.3, -0.25) is 10.2 Å². The summed E-state index contributed by atoms with van der Waals surface area (Å²) in [6.07, 6.45) is 1.64. The predicted octanol–water partition coefficient (Wildman–Crippen LogP) is 6.47. The molecule has 0 saturated heterocycles. The number of benzene rings is 3. The highest BCUT2D eigenvalue weighted by atomic mass is 127. The molecule has 2 N–H and O–H groups in total. The predicted molar refractivity (Wildman–Crippen MR) is 145 cm³/mol. The molecule has 178 valence electrons. The minimum absolute atomic E-state index is 0.194. The van der Waals surface area contributed by atoms with Crippen LogP contribution in [0.1, 0.15) is 12.5 Å². The van der Waals surface area contributed by atoms with Crippen LogP contribution in [0.4, 0.5) is 11.4 Å². The first-order valence-electron chi connectivity index (χ1n) is 10.2. The monoisotopic (exact) mass is 613 g/mol. The number of hydrogen-bond acceptors (Lipinski definition) is 6. The Balaban J connectivity index is 1.69. The number of hydrogen-bond donors (Lipinski definition) is 2. The Kier molecular flexibility index (Phi) is 9.67. The van der Waals surface area contributed by atoms with Gasteiger partial charge in [0.25, 0.3) is 5.91 Å². The molecule has 3 aromatic rings. The average Bonchev–Trinajstić information content (AvgIpc) is 2.81. The van der Waals surface area contributed by atoms with E-state index in [-0.39, 0.29) is 12.5 Å². The number of methoxy groups -OCH3 is 1. The third-order valence-electron chi connectivity index (χ3n) is 4.39. The number of nitrogens with zero attached hydrogens (tertiary/aromatic N) is 1. The number of amides is 1. The van der Waals surface area contributed by atoms with Crippen LogP contribution in [0.2, 0.25) is 10.0 Å². The maximum atomic E-state index is 12.4. The normalized spacial score (nSPS) is 10.7. The van der Waals surface area contributed by atoms with Gasteiger partial charge in [-0.05, 0) is 77.5 Å². The van der Waals surface area contributed by atoms with Crippen LogP contribution in [-0.2, 0) is 4.79 Å². The highest BCUT2D eigenvalue weighted by Gasteiger charge is 2.15. The Morgan fingerprint density at radius 1 is 1.06 bits per heavy atom. The number of nitrogens with one attached hydrogen (secondary N) is 2. The van der Waals surface area contributed by atoms with Gasteiger partial charge in [0.05, 0.1) is 44.9 Å². The van der Waals surface area contributed by atoms with Crippen molar-refractivity contribution in [1.82, 2.24) is 0 Å². The standard InChI is InChI=1S/C24H22Cl2IN3O4/c1-3-33-22-11-15(13-28-30-16-8-9-17(25)18(26)12-16)10-19(27)24(22)34-14-23(31)29-20-6-4-5-7-21(20)32-2/h4-13,30H,3,14H2,1-2H3,(H,29,31). The Hall–Kier alpha value is -2.69. The van der Waals surface area contributed by atoms with Gasteiger partial charge in [0, 0.05) is 0 Å². The molecule has 1 amide bonds. The SMILES string of the molecule is CCOc1cc(C=NNc2ccc(Cl)c(Cl)c2)cc(I)c1OCC(=O)Nc1ccccc1OC. The molecule has 0 aliphatic rings. The van der Waals surface area contributed by atoms with Gasteiger partial charge in [-0.25, -0.2) is 0 Å². The summed E-state index contributed by atoms with van der Waals surface area (Å²) in [4.78, 5) is 12.4. The van der Waals surface area contributed by atoms with E-state index in [1.54, 1.807) is 49.7 Å². The molecule has 0 spiro atoms. The van der Waals surface area contributed by atoms with E-state index >= 15 is 0 Å². The molecule has 0 unspecified atom stereocenters. The largest absolute Gasteiger partial charge is 0.495 e. The van der Waals surface area contributed by atoms with Crippen molar-refractivity contribution in [3.63, 3.8) is 0 Å². The third kappa shape index (κ3) is 7.15. The van der Waals surface area contributed by atoms with Gasteiger partial charge in [0.2, 0.25) is 0 Å². The van der Waals surface area contributed by atoms with Crippen molar-refractivity contribution in [2.75, 3.05) is 31.1 Å². The summed E-state index contributed by atoms with van der Waals surface area (Å²) in [6.45, 7) is 2.11. The van der Waals surface area contributed by atoms with Crippen molar-refractivity contribution in [2.45, 2.75) is 6.92 Å². The second-order valence-corrected chi connectivity index (χ2v) is 8.78. The molecule has 34 heavy (non-hydrogen) atoms. The minimum Gasteiger partial charge on any atom is -0.495 e. The van der Waals surface area contributed by atoms with Crippen LogP contribution >= 0.6 is 45.8 Å². The Morgan fingerprint density at radius 3 is 2.59 bits per heavy atom. The molecule has 3 rings (SSSR count). The van der Waals surface area contributed by atoms with E-state index in [9.17, 15) is 4.79 Å². The smallest absolute Gasteiger partial charge is 0.262 e. The van der Waals surface area contributed by atoms with Crippen molar-refractivity contribution < 1.29 is 19.0 Å². The van der Waals surface area contributed by atoms with E-state index in [1.807, 2.05) is 25.1 Å². The summed E-state index contributed by atoms with van der Waals surface area (Å²) < 4.78 is 17.6. The number of anilines is 2. The van der Waals surface area contributed by atoms with Crippen molar-refractivity contribution in [1.29, 1.82) is 0 Å². The van der Waals surface area contributed by atoms with Gasteiger partial charge < -0.3 is 19.5 Å². The van der Waals surface area contributed by atoms with Crippen LogP contribution in [0.3, 0.4) is 0 Å². The molecule has 0 aliphatic carbocycles. The summed E-state index contributed by atoms with van der Waals surface area (Å²) >= 11 is 14.1. The number of hydrazone groups is 1. The number of para-hydroxylation sites is 2. The van der Waals surface area contributed by atoms with E-state index in [0.29, 0.717) is 45.3 Å². The topological polar surface area (TPSA) is 81.2 Å². The number of ether oxygens (including phenoxy) is 3. The maximum Gasteiger partial charge on any atom is 0.262 e. The molecular weight excluding hydrogens is 592 g/mol. The van der Waals surface area contributed by atoms with Crippen molar-refractivity contribution in [3.05, 3.63) is 73.8 Å². The van der Waals surface area contributed by atoms with Gasteiger partial charge >= 0.3 is 0 Å². The first-order chi connectivity index (χ1) is 16.4. The molecule has 3 aromatic carbocycles. The van der Waals surface area contributed by atoms with Crippen molar-refractivity contribution in [2.24, 2.45) is 5.10 Å². The summed E-state index contributed by atoms with van der Waals surface area (Å²) in [6, 6.07) is 16.0. The highest BCUT2D eigenvalue weighted by Crippen LogP contribution is 2.34. The van der Waals surface area contributed by atoms with Crippen LogP contribution in [0.5, 0.6) is 17.2 Å². The highest BCUT2D eigenvalue weighted by molar-refractivity contribution is 14.1. The quantitative estimate of drug-likeness (QED) is 0.156. The Morgan fingerprint density at radius 2 is 1.85 bits per heavy atom. The van der Waals surface area contributed by atoms with Gasteiger partial charge in [0.15, 0.2) is 18.1 Å². The molecule has 0 atom stereocenters. The molecule has 0 fully saturated rings. The van der Waals surface area contributed by atoms with E-state index in [2.05, 4.69) is 38.4 Å². The second kappa shape index (κ2) is 12.7. The molecule has 0 heterocycles. The summed E-state index contributed by atoms with van der Waals surface area (Å²) in [7, 11) is 1.54. The van der Waals surface area contributed by atoms with Gasteiger partial charge in [-0.2, -0.15) is 5.10 Å². The fourth-order valence-corrected chi connectivity index (χ4v) is 3.96. The second-order valence-electron chi connectivity index (χ2n) is 6.80. The number of carbonyl (C=O) groups excluding carboxylic acids is 1. The van der Waals surface area contributed by atoms with Gasteiger partial charge in [0.1, 0.15) is 5.75 Å². The Bertz CT molecular complexity index is 1190. The van der Waals surface area contributed by atoms with E-state index in [4.69, 9.17) is 37.4 Å². The number of carbonyl (C=O) groups is 1. The molecule has 10 heteroatoms. The zero-order valence-electron chi connectivity index (χ0n) is 18.4. The van der Waals surface area contributed by atoms with Crippen LogP contribution in [0.25, 0.3) is 0 Å². The van der Waals surface area contributed by atoms with Crippen LogP contribution in [0, 0.1) is 3.57 Å². The first kappa shape index (κ1) is 25.9. The molecule has 0 aromatic heterocycles. The molecule has 7 nitrogen and oxygen atoms in total. The molecule has 0 aliphatic heterocycles. The van der Waals surface area contributed by atoms with Crippen molar-refractivity contribution in [3.8, 4) is 17.2 Å². The van der Waals surface area contributed by atoms with Gasteiger partial charge in [-0.1, -0.05) is 35.3 Å². The summed E-state index contributed by atoms with van der Waals surface area (Å²) in [5.41, 5.74) is 4.96. The van der Waals surface area contributed by atoms with Crippen molar-refractivity contribution >= 4 is 69.3 Å². The van der Waals surface area contributed by atoms with Gasteiger partial charge in [-0.15, -0.1) is 0 Å². The van der Waals surface area contributed by atoms with Crippen LogP contribution < -0.4 is 25.0 Å². The molecule has 0 bridgehead atoms. The summed E-state index contributed by atoms with van der Waals surface area (Å²) in [5.74, 6) is 1.24. The lowest BCUT2D eigenvalue weighted by Gasteiger charge is -2.15. The summed E-state index contributed by atoms with van der Waals surface area (Å²) in [5, 5.41) is 7.93. The zero-order valence-corrected chi connectivity index (χ0v) is 22.1. The van der Waals surface area contributed by atoms with E-state index < -0.39 is 0 Å². The Labute approximate surface area is 221 Å². The lowest BCUT2D eigenvalue weighted by molar-refractivity contribution is -0.118. The lowest BCUT2D eigenvalue weighted by atomic mass is 10.2.